The Hall–Kier alpha value is -0.120. The van der Waals surface area contributed by atoms with E-state index in [9.17, 15) is 0 Å². The number of piperidine rings is 1. The minimum absolute atomic E-state index is 0.345. The van der Waals surface area contributed by atoms with Gasteiger partial charge in [-0.25, -0.2) is 0 Å². The molecule has 16 heavy (non-hydrogen) atoms. The zero-order valence-corrected chi connectivity index (χ0v) is 11.3. The molecule has 3 nitrogen and oxygen atoms in total. The predicted molar refractivity (Wildman–Crippen MR) is 68.8 cm³/mol. The number of nitrogens with one attached hydrogen (secondary N) is 1. The average molecular weight is 228 g/mol. The number of nitrogens with zero attached hydrogens (tertiary/aromatic N) is 1. The highest BCUT2D eigenvalue weighted by molar-refractivity contribution is 4.78. The van der Waals surface area contributed by atoms with Gasteiger partial charge in [-0.15, -0.1) is 0 Å². The van der Waals surface area contributed by atoms with Crippen molar-refractivity contribution in [1.29, 1.82) is 0 Å². The van der Waals surface area contributed by atoms with Crippen LogP contribution in [0.2, 0.25) is 0 Å². The first-order valence-electron chi connectivity index (χ1n) is 6.63. The Balaban J connectivity index is 2.11. The van der Waals surface area contributed by atoms with E-state index in [0.717, 1.165) is 19.1 Å². The van der Waals surface area contributed by atoms with Gasteiger partial charge in [0.25, 0.3) is 0 Å². The maximum atomic E-state index is 5.53. The molecule has 0 aromatic heterocycles. The Morgan fingerprint density at radius 1 is 1.38 bits per heavy atom. The van der Waals surface area contributed by atoms with E-state index in [0.29, 0.717) is 12.1 Å². The van der Waals surface area contributed by atoms with Crippen LogP contribution in [0.5, 0.6) is 0 Å². The van der Waals surface area contributed by atoms with Gasteiger partial charge in [-0.05, 0) is 53.1 Å². The summed E-state index contributed by atoms with van der Waals surface area (Å²) in [5, 5.41) is 3.58. The van der Waals surface area contributed by atoms with Crippen molar-refractivity contribution in [2.75, 3.05) is 33.3 Å². The average Bonchev–Trinajstić information content (AvgIpc) is 2.24. The first-order valence-corrected chi connectivity index (χ1v) is 6.63. The number of hydrogen-bond acceptors (Lipinski definition) is 3. The summed E-state index contributed by atoms with van der Waals surface area (Å²) in [6, 6.07) is 0.610. The second-order valence-electron chi connectivity index (χ2n) is 5.33. The topological polar surface area (TPSA) is 24.5 Å². The standard InChI is InChI=1S/C13H28N2O/c1-11(2)16-9-7-14-12(3)13-6-5-8-15(4)10-13/h11-14H,5-10H2,1-4H3. The van der Waals surface area contributed by atoms with Crippen molar-refractivity contribution in [2.45, 2.75) is 45.8 Å². The van der Waals surface area contributed by atoms with Gasteiger partial charge in [0.1, 0.15) is 0 Å². The third-order valence-corrected chi connectivity index (χ3v) is 3.39. The molecule has 3 heteroatoms. The number of rotatable bonds is 6. The van der Waals surface area contributed by atoms with Crippen LogP contribution in [0.1, 0.15) is 33.6 Å². The van der Waals surface area contributed by atoms with Crippen molar-refractivity contribution in [2.24, 2.45) is 5.92 Å². The molecule has 0 saturated carbocycles. The largest absolute Gasteiger partial charge is 0.377 e. The van der Waals surface area contributed by atoms with Crippen molar-refractivity contribution < 1.29 is 4.74 Å². The fraction of sp³-hybridized carbons (Fsp3) is 1.00. The zero-order chi connectivity index (χ0) is 12.0. The zero-order valence-electron chi connectivity index (χ0n) is 11.3. The molecule has 2 unspecified atom stereocenters. The summed E-state index contributed by atoms with van der Waals surface area (Å²) in [6.07, 6.45) is 3.05. The molecule has 1 aliphatic heterocycles. The Morgan fingerprint density at radius 3 is 2.75 bits per heavy atom. The molecule has 2 atom stereocenters. The van der Waals surface area contributed by atoms with E-state index in [4.69, 9.17) is 4.74 Å². The molecular weight excluding hydrogens is 200 g/mol. The highest BCUT2D eigenvalue weighted by Crippen LogP contribution is 2.18. The third kappa shape index (κ3) is 5.28. The van der Waals surface area contributed by atoms with Crippen LogP contribution in [0, 0.1) is 5.92 Å². The van der Waals surface area contributed by atoms with Crippen molar-refractivity contribution in [3.05, 3.63) is 0 Å². The smallest absolute Gasteiger partial charge is 0.0594 e. The quantitative estimate of drug-likeness (QED) is 0.701. The molecule has 96 valence electrons. The van der Waals surface area contributed by atoms with Gasteiger partial charge >= 0.3 is 0 Å². The normalized spacial score (nSPS) is 24.9. The van der Waals surface area contributed by atoms with Gasteiger partial charge in [-0.3, -0.25) is 0 Å². The van der Waals surface area contributed by atoms with E-state index in [2.05, 4.69) is 38.0 Å². The molecule has 0 aromatic rings. The summed E-state index contributed by atoms with van der Waals surface area (Å²) in [6.45, 7) is 10.8. The Kier molecular flexibility index (Phi) is 6.32. The second kappa shape index (κ2) is 7.25. The summed E-state index contributed by atoms with van der Waals surface area (Å²) in [5.74, 6) is 0.804. The molecule has 1 fully saturated rings. The molecular formula is C13H28N2O. The lowest BCUT2D eigenvalue weighted by Gasteiger charge is -2.34. The first-order chi connectivity index (χ1) is 7.59. The van der Waals surface area contributed by atoms with Gasteiger partial charge in [-0.2, -0.15) is 0 Å². The number of hydrogen-bond donors (Lipinski definition) is 1. The van der Waals surface area contributed by atoms with Gasteiger partial charge < -0.3 is 15.0 Å². The maximum absolute atomic E-state index is 5.53. The molecule has 1 rings (SSSR count). The highest BCUT2D eigenvalue weighted by atomic mass is 16.5. The minimum atomic E-state index is 0.345. The van der Waals surface area contributed by atoms with E-state index >= 15 is 0 Å². The Morgan fingerprint density at radius 2 is 2.12 bits per heavy atom. The molecule has 0 bridgehead atoms. The number of likely N-dealkylation sites (tertiary alicyclic amines) is 1. The second-order valence-corrected chi connectivity index (χ2v) is 5.33. The fourth-order valence-electron chi connectivity index (χ4n) is 2.36. The van der Waals surface area contributed by atoms with Crippen molar-refractivity contribution in [3.8, 4) is 0 Å². The monoisotopic (exact) mass is 228 g/mol. The molecule has 0 spiro atoms. The van der Waals surface area contributed by atoms with Crippen molar-refractivity contribution in [1.82, 2.24) is 10.2 Å². The lowest BCUT2D eigenvalue weighted by Crippen LogP contribution is -2.44. The van der Waals surface area contributed by atoms with Crippen LogP contribution in [0.25, 0.3) is 0 Å². The summed E-state index contributed by atoms with van der Waals surface area (Å²) in [7, 11) is 2.22. The molecule has 0 radical (unpaired) electrons. The Bertz CT molecular complexity index is 185. The van der Waals surface area contributed by atoms with Crippen LogP contribution in [-0.2, 0) is 4.74 Å². The van der Waals surface area contributed by atoms with Gasteiger partial charge in [0, 0.05) is 19.1 Å². The third-order valence-electron chi connectivity index (χ3n) is 3.39. The van der Waals surface area contributed by atoms with Crippen LogP contribution in [0.15, 0.2) is 0 Å². The van der Waals surface area contributed by atoms with E-state index in [-0.39, 0.29) is 0 Å². The van der Waals surface area contributed by atoms with E-state index in [1.807, 2.05) is 0 Å². The van der Waals surface area contributed by atoms with Crippen LogP contribution in [-0.4, -0.2) is 50.3 Å². The lowest BCUT2D eigenvalue weighted by molar-refractivity contribution is 0.0766. The van der Waals surface area contributed by atoms with E-state index in [1.165, 1.54) is 25.9 Å². The van der Waals surface area contributed by atoms with Crippen molar-refractivity contribution in [3.63, 3.8) is 0 Å². The molecule has 0 aliphatic carbocycles. The number of ether oxygens (including phenoxy) is 1. The Labute approximate surface area is 101 Å². The van der Waals surface area contributed by atoms with Gasteiger partial charge in [0.2, 0.25) is 0 Å². The molecule has 1 N–H and O–H groups in total. The molecule has 1 saturated heterocycles. The lowest BCUT2D eigenvalue weighted by atomic mass is 9.92. The molecule has 0 amide bonds. The molecule has 1 heterocycles. The van der Waals surface area contributed by atoms with Gasteiger partial charge in [0.15, 0.2) is 0 Å². The van der Waals surface area contributed by atoms with Crippen LogP contribution < -0.4 is 5.32 Å². The van der Waals surface area contributed by atoms with Crippen molar-refractivity contribution >= 4 is 0 Å². The van der Waals surface area contributed by atoms with Crippen LogP contribution in [0.3, 0.4) is 0 Å². The minimum Gasteiger partial charge on any atom is -0.377 e. The van der Waals surface area contributed by atoms with E-state index in [1.54, 1.807) is 0 Å². The summed E-state index contributed by atoms with van der Waals surface area (Å²) < 4.78 is 5.53. The van der Waals surface area contributed by atoms with Gasteiger partial charge in [0.05, 0.1) is 12.7 Å². The van der Waals surface area contributed by atoms with Crippen LogP contribution in [0.4, 0.5) is 0 Å². The molecule has 0 aromatic carbocycles. The van der Waals surface area contributed by atoms with Gasteiger partial charge in [-0.1, -0.05) is 0 Å². The van der Waals surface area contributed by atoms with E-state index < -0.39 is 0 Å². The predicted octanol–water partition coefficient (Wildman–Crippen LogP) is 1.73. The summed E-state index contributed by atoms with van der Waals surface area (Å²) >= 11 is 0. The SMILES string of the molecule is CC(C)OCCNC(C)C1CCCN(C)C1. The first kappa shape index (κ1) is 13.9. The maximum Gasteiger partial charge on any atom is 0.0594 e. The fourth-order valence-corrected chi connectivity index (χ4v) is 2.36. The summed E-state index contributed by atoms with van der Waals surface area (Å²) in [5.41, 5.74) is 0. The molecule has 1 aliphatic rings. The summed E-state index contributed by atoms with van der Waals surface area (Å²) in [4.78, 5) is 2.44. The van der Waals surface area contributed by atoms with Crippen LogP contribution >= 0.6 is 0 Å². The highest BCUT2D eigenvalue weighted by Gasteiger charge is 2.21.